The van der Waals surface area contributed by atoms with Crippen LogP contribution in [0.3, 0.4) is 0 Å². The fourth-order valence-corrected chi connectivity index (χ4v) is 2.54. The first-order valence-corrected chi connectivity index (χ1v) is 6.47. The SMILES string of the molecule is NCC1CCCN(CC(F)(F)c2ccccc2)C1. The van der Waals surface area contributed by atoms with E-state index in [1.807, 2.05) is 4.90 Å². The Kier molecular flexibility index (Phi) is 4.30. The van der Waals surface area contributed by atoms with Gasteiger partial charge in [0.2, 0.25) is 0 Å². The van der Waals surface area contributed by atoms with Gasteiger partial charge in [0.15, 0.2) is 0 Å². The number of likely N-dealkylation sites (tertiary alicyclic amines) is 1. The molecule has 1 fully saturated rings. The summed E-state index contributed by atoms with van der Waals surface area (Å²) in [5.74, 6) is -2.41. The first-order chi connectivity index (χ1) is 8.62. The second-order valence-corrected chi connectivity index (χ2v) is 5.05. The van der Waals surface area contributed by atoms with Crippen molar-refractivity contribution in [1.82, 2.24) is 4.90 Å². The van der Waals surface area contributed by atoms with E-state index in [0.717, 1.165) is 19.4 Å². The maximum absolute atomic E-state index is 14.1. The van der Waals surface area contributed by atoms with Crippen LogP contribution in [0.15, 0.2) is 30.3 Å². The van der Waals surface area contributed by atoms with Crippen molar-refractivity contribution in [2.24, 2.45) is 11.7 Å². The minimum atomic E-state index is -2.78. The third-order valence-electron chi connectivity index (χ3n) is 3.55. The van der Waals surface area contributed by atoms with E-state index in [9.17, 15) is 8.78 Å². The van der Waals surface area contributed by atoms with Crippen LogP contribution in [0.2, 0.25) is 0 Å². The zero-order valence-corrected chi connectivity index (χ0v) is 10.5. The molecule has 18 heavy (non-hydrogen) atoms. The van der Waals surface area contributed by atoms with Crippen LogP contribution < -0.4 is 5.73 Å². The Balaban J connectivity index is 1.99. The summed E-state index contributed by atoms with van der Waals surface area (Å²) in [5.41, 5.74) is 5.72. The minimum absolute atomic E-state index is 0.0971. The van der Waals surface area contributed by atoms with E-state index >= 15 is 0 Å². The quantitative estimate of drug-likeness (QED) is 0.894. The fraction of sp³-hybridized carbons (Fsp3) is 0.571. The molecule has 1 aromatic carbocycles. The van der Waals surface area contributed by atoms with Crippen molar-refractivity contribution in [1.29, 1.82) is 0 Å². The van der Waals surface area contributed by atoms with E-state index < -0.39 is 5.92 Å². The Labute approximate surface area is 107 Å². The first-order valence-electron chi connectivity index (χ1n) is 6.47. The number of rotatable bonds is 4. The maximum atomic E-state index is 14.1. The van der Waals surface area contributed by atoms with Crippen LogP contribution in [-0.2, 0) is 5.92 Å². The molecular formula is C14H20F2N2. The topological polar surface area (TPSA) is 29.3 Å². The largest absolute Gasteiger partial charge is 0.330 e. The predicted octanol–water partition coefficient (Wildman–Crippen LogP) is 2.45. The second kappa shape index (κ2) is 5.76. The Morgan fingerprint density at radius 1 is 1.28 bits per heavy atom. The van der Waals surface area contributed by atoms with Crippen LogP contribution in [0, 0.1) is 5.92 Å². The Morgan fingerprint density at radius 2 is 2.00 bits per heavy atom. The molecule has 1 atom stereocenters. The molecule has 2 nitrogen and oxygen atoms in total. The zero-order chi connectivity index (χ0) is 13.0. The smallest absolute Gasteiger partial charge is 0.285 e. The van der Waals surface area contributed by atoms with Crippen LogP contribution in [-0.4, -0.2) is 31.1 Å². The number of halogens is 2. The summed E-state index contributed by atoms with van der Waals surface area (Å²) in [6.07, 6.45) is 2.02. The molecule has 2 rings (SSSR count). The monoisotopic (exact) mass is 254 g/mol. The van der Waals surface area contributed by atoms with Gasteiger partial charge in [0.25, 0.3) is 5.92 Å². The van der Waals surface area contributed by atoms with E-state index in [1.165, 1.54) is 12.1 Å². The molecule has 1 unspecified atom stereocenters. The Morgan fingerprint density at radius 3 is 2.67 bits per heavy atom. The third kappa shape index (κ3) is 3.27. The Hall–Kier alpha value is -1.00. The van der Waals surface area contributed by atoms with Crippen molar-refractivity contribution in [3.63, 3.8) is 0 Å². The highest BCUT2D eigenvalue weighted by molar-refractivity contribution is 5.20. The number of hydrogen-bond donors (Lipinski definition) is 1. The van der Waals surface area contributed by atoms with Gasteiger partial charge < -0.3 is 5.73 Å². The highest BCUT2D eigenvalue weighted by atomic mass is 19.3. The highest BCUT2D eigenvalue weighted by Gasteiger charge is 2.35. The molecule has 1 saturated heterocycles. The molecule has 0 aliphatic carbocycles. The molecule has 2 N–H and O–H groups in total. The highest BCUT2D eigenvalue weighted by Crippen LogP contribution is 2.30. The third-order valence-corrected chi connectivity index (χ3v) is 3.55. The number of nitrogens with two attached hydrogens (primary N) is 1. The van der Waals surface area contributed by atoms with Crippen molar-refractivity contribution in [3.05, 3.63) is 35.9 Å². The van der Waals surface area contributed by atoms with Crippen molar-refractivity contribution >= 4 is 0 Å². The average molecular weight is 254 g/mol. The van der Waals surface area contributed by atoms with Gasteiger partial charge in [-0.15, -0.1) is 0 Å². The summed E-state index contributed by atoms with van der Waals surface area (Å²) in [4.78, 5) is 1.84. The molecule has 0 spiro atoms. The summed E-state index contributed by atoms with van der Waals surface area (Å²) in [5, 5.41) is 0. The first kappa shape index (κ1) is 13.4. The fourth-order valence-electron chi connectivity index (χ4n) is 2.54. The second-order valence-electron chi connectivity index (χ2n) is 5.05. The summed E-state index contributed by atoms with van der Waals surface area (Å²) >= 11 is 0. The molecule has 0 radical (unpaired) electrons. The molecule has 4 heteroatoms. The van der Waals surface area contributed by atoms with Gasteiger partial charge in [-0.1, -0.05) is 30.3 Å². The van der Waals surface area contributed by atoms with E-state index in [2.05, 4.69) is 0 Å². The minimum Gasteiger partial charge on any atom is -0.330 e. The van der Waals surface area contributed by atoms with Crippen LogP contribution in [0.25, 0.3) is 0 Å². The van der Waals surface area contributed by atoms with Gasteiger partial charge in [-0.05, 0) is 31.8 Å². The van der Waals surface area contributed by atoms with Gasteiger partial charge in [0.05, 0.1) is 6.54 Å². The summed E-state index contributed by atoms with van der Waals surface area (Å²) in [6.45, 7) is 1.83. The molecule has 0 bridgehead atoms. The van der Waals surface area contributed by atoms with E-state index in [-0.39, 0.29) is 12.1 Å². The molecule has 0 amide bonds. The number of alkyl halides is 2. The summed E-state index contributed by atoms with van der Waals surface area (Å²) < 4.78 is 28.2. The number of hydrogen-bond acceptors (Lipinski definition) is 2. The number of nitrogens with zero attached hydrogens (tertiary/aromatic N) is 1. The molecule has 1 aliphatic rings. The van der Waals surface area contributed by atoms with Gasteiger partial charge in [-0.25, -0.2) is 0 Å². The van der Waals surface area contributed by atoms with Gasteiger partial charge in [0.1, 0.15) is 0 Å². The average Bonchev–Trinajstić information content (AvgIpc) is 2.39. The van der Waals surface area contributed by atoms with Crippen LogP contribution >= 0.6 is 0 Å². The standard InChI is InChI=1S/C14H20F2N2/c15-14(16,13-6-2-1-3-7-13)11-18-8-4-5-12(9-17)10-18/h1-3,6-7,12H,4-5,8-11,17H2. The maximum Gasteiger partial charge on any atom is 0.285 e. The van der Waals surface area contributed by atoms with Gasteiger partial charge >= 0.3 is 0 Å². The van der Waals surface area contributed by atoms with E-state index in [4.69, 9.17) is 5.73 Å². The van der Waals surface area contributed by atoms with Gasteiger partial charge in [-0.3, -0.25) is 4.90 Å². The van der Waals surface area contributed by atoms with Crippen LogP contribution in [0.4, 0.5) is 8.78 Å². The lowest BCUT2D eigenvalue weighted by Crippen LogP contribution is -2.43. The van der Waals surface area contributed by atoms with Gasteiger partial charge in [-0.2, -0.15) is 8.78 Å². The van der Waals surface area contributed by atoms with Crippen LogP contribution in [0.5, 0.6) is 0 Å². The molecular weight excluding hydrogens is 234 g/mol. The van der Waals surface area contributed by atoms with Crippen molar-refractivity contribution in [2.45, 2.75) is 18.8 Å². The van der Waals surface area contributed by atoms with Crippen LogP contribution in [0.1, 0.15) is 18.4 Å². The molecule has 100 valence electrons. The zero-order valence-electron chi connectivity index (χ0n) is 10.5. The normalized spacial score (nSPS) is 22.1. The molecule has 0 aromatic heterocycles. The number of piperidine rings is 1. The lowest BCUT2D eigenvalue weighted by Gasteiger charge is -2.34. The molecule has 1 aromatic rings. The predicted molar refractivity (Wildman–Crippen MR) is 68.6 cm³/mol. The van der Waals surface area contributed by atoms with Crippen molar-refractivity contribution in [2.75, 3.05) is 26.2 Å². The van der Waals surface area contributed by atoms with Crippen molar-refractivity contribution < 1.29 is 8.78 Å². The van der Waals surface area contributed by atoms with Crippen molar-refractivity contribution in [3.8, 4) is 0 Å². The number of benzene rings is 1. The van der Waals surface area contributed by atoms with E-state index in [0.29, 0.717) is 19.0 Å². The summed E-state index contributed by atoms with van der Waals surface area (Å²) in [6, 6.07) is 8.05. The lowest BCUT2D eigenvalue weighted by atomic mass is 9.97. The van der Waals surface area contributed by atoms with Gasteiger partial charge in [0, 0.05) is 12.1 Å². The summed E-state index contributed by atoms with van der Waals surface area (Å²) in [7, 11) is 0. The Bertz CT molecular complexity index is 367. The molecule has 1 heterocycles. The molecule has 1 aliphatic heterocycles. The van der Waals surface area contributed by atoms with E-state index in [1.54, 1.807) is 18.2 Å². The lowest BCUT2D eigenvalue weighted by molar-refractivity contribution is -0.0459. The molecule has 0 saturated carbocycles.